The molecular formula is C10H7N. The van der Waals surface area contributed by atoms with E-state index in [1.165, 1.54) is 5.22 Å². The summed E-state index contributed by atoms with van der Waals surface area (Å²) < 4.78 is 0. The second-order valence-corrected chi connectivity index (χ2v) is 2.34. The largest absolute Gasteiger partial charge is 0.264 e. The van der Waals surface area contributed by atoms with Crippen LogP contribution >= 0.6 is 0 Å². The molecule has 11 heavy (non-hydrogen) atoms. The van der Waals surface area contributed by atoms with Gasteiger partial charge in [-0.2, -0.15) is 0 Å². The smallest absolute Gasteiger partial charge is 0.0346 e. The second kappa shape index (κ2) is 2.57. The van der Waals surface area contributed by atoms with Crippen LogP contribution in [0.15, 0.2) is 36.3 Å². The molecule has 0 fully saturated rings. The molecule has 0 radical (unpaired) electrons. The molecule has 0 atom stereocenters. The molecular weight excluding hydrogens is 134 g/mol. The van der Waals surface area contributed by atoms with Crippen molar-refractivity contribution in [2.45, 2.75) is 0 Å². The van der Waals surface area contributed by atoms with Gasteiger partial charge in [0.05, 0.1) is 0 Å². The monoisotopic (exact) mass is 141 g/mol. The van der Waals surface area contributed by atoms with Gasteiger partial charge in [-0.15, -0.1) is 5.73 Å². The van der Waals surface area contributed by atoms with Gasteiger partial charge >= 0.3 is 0 Å². The van der Waals surface area contributed by atoms with E-state index in [0.29, 0.717) is 0 Å². The van der Waals surface area contributed by atoms with Crippen LogP contribution in [0.5, 0.6) is 0 Å². The number of allylic oxidation sites excluding steroid dienone is 1. The van der Waals surface area contributed by atoms with Crippen molar-refractivity contribution in [2.75, 3.05) is 0 Å². The van der Waals surface area contributed by atoms with Crippen LogP contribution in [0.4, 0.5) is 0 Å². The first-order chi connectivity index (χ1) is 5.47. The molecule has 1 aliphatic rings. The topological polar surface area (TPSA) is 12.9 Å². The van der Waals surface area contributed by atoms with Crippen molar-refractivity contribution in [3.8, 4) is 0 Å². The number of pyridine rings is 1. The van der Waals surface area contributed by atoms with E-state index in [1.54, 1.807) is 6.20 Å². The fourth-order valence-electron chi connectivity index (χ4n) is 1.04. The predicted octanol–water partition coefficient (Wildman–Crippen LogP) is 0.368. The Hall–Kier alpha value is -1.59. The quantitative estimate of drug-likeness (QED) is 0.476. The van der Waals surface area contributed by atoms with E-state index in [-0.39, 0.29) is 0 Å². The lowest BCUT2D eigenvalue weighted by atomic mass is 10.3. The van der Waals surface area contributed by atoms with E-state index in [1.807, 2.05) is 36.6 Å². The second-order valence-electron chi connectivity index (χ2n) is 2.34. The van der Waals surface area contributed by atoms with Gasteiger partial charge in [-0.3, -0.25) is 4.98 Å². The fraction of sp³-hybridized carbons (Fsp3) is 0. The highest BCUT2D eigenvalue weighted by Crippen LogP contribution is 1.77. The summed E-state index contributed by atoms with van der Waals surface area (Å²) in [6.45, 7) is 0. The van der Waals surface area contributed by atoms with Crippen molar-refractivity contribution in [1.82, 2.24) is 4.98 Å². The molecule has 2 rings (SSSR count). The van der Waals surface area contributed by atoms with Gasteiger partial charge in [-0.05, 0) is 35.6 Å². The summed E-state index contributed by atoms with van der Waals surface area (Å²) in [6.07, 6.45) is 11.5. The van der Waals surface area contributed by atoms with Crippen molar-refractivity contribution in [3.63, 3.8) is 0 Å². The van der Waals surface area contributed by atoms with Crippen molar-refractivity contribution >= 4 is 12.2 Å². The van der Waals surface area contributed by atoms with Gasteiger partial charge < -0.3 is 0 Å². The number of nitrogens with zero attached hydrogens (tertiary/aromatic N) is 1. The first-order valence-corrected chi connectivity index (χ1v) is 3.50. The zero-order chi connectivity index (χ0) is 7.52. The van der Waals surface area contributed by atoms with E-state index in [0.717, 1.165) is 5.22 Å². The number of hydrogen-bond acceptors (Lipinski definition) is 1. The summed E-state index contributed by atoms with van der Waals surface area (Å²) in [7, 11) is 0. The van der Waals surface area contributed by atoms with Crippen molar-refractivity contribution in [1.29, 1.82) is 0 Å². The highest BCUT2D eigenvalue weighted by atomic mass is 14.6. The molecule has 1 aromatic heterocycles. The lowest BCUT2D eigenvalue weighted by Gasteiger charge is -1.84. The summed E-state index contributed by atoms with van der Waals surface area (Å²) in [6, 6.07) is 1.99. The van der Waals surface area contributed by atoms with E-state index < -0.39 is 0 Å². The minimum atomic E-state index is 1.15. The lowest BCUT2D eigenvalue weighted by Crippen LogP contribution is -2.23. The summed E-state index contributed by atoms with van der Waals surface area (Å²) in [5, 5.41) is 2.34. The average Bonchev–Trinajstić information content (AvgIpc) is 2.28. The van der Waals surface area contributed by atoms with Gasteiger partial charge in [-0.1, -0.05) is 0 Å². The van der Waals surface area contributed by atoms with Gasteiger partial charge in [-0.25, -0.2) is 0 Å². The Bertz CT molecular complexity index is 395. The van der Waals surface area contributed by atoms with Gasteiger partial charge in [0, 0.05) is 17.6 Å². The third-order valence-corrected chi connectivity index (χ3v) is 1.61. The first kappa shape index (κ1) is 6.14. The third kappa shape index (κ3) is 1.14. The molecule has 0 bridgehead atoms. The molecule has 52 valence electrons. The van der Waals surface area contributed by atoms with Crippen molar-refractivity contribution < 1.29 is 0 Å². The van der Waals surface area contributed by atoms with Gasteiger partial charge in [0.2, 0.25) is 0 Å². The SMILES string of the molecule is C1=CC=c2ccncc2=CC=1. The van der Waals surface area contributed by atoms with Crippen LogP contribution in [-0.4, -0.2) is 4.98 Å². The number of hydrogen-bond donors (Lipinski definition) is 0. The molecule has 1 heteroatoms. The molecule has 1 aliphatic carbocycles. The van der Waals surface area contributed by atoms with Gasteiger partial charge in [0.15, 0.2) is 0 Å². The van der Waals surface area contributed by atoms with Crippen LogP contribution in [0.3, 0.4) is 0 Å². The van der Waals surface area contributed by atoms with Crippen LogP contribution < -0.4 is 10.4 Å². The van der Waals surface area contributed by atoms with E-state index in [2.05, 4.69) is 10.7 Å². The Morgan fingerprint density at radius 2 is 1.91 bits per heavy atom. The first-order valence-electron chi connectivity index (χ1n) is 3.50. The van der Waals surface area contributed by atoms with Gasteiger partial charge in [0.25, 0.3) is 0 Å². The number of fused-ring (bicyclic) bond motifs is 1. The standard InChI is InChI=1S/C10H7N/c1-2-4-9-6-7-11-8-10(9)5-3-1/h2-8H. The molecule has 1 nitrogen and oxygen atoms in total. The lowest BCUT2D eigenvalue weighted by molar-refractivity contribution is 1.28. The van der Waals surface area contributed by atoms with E-state index in [9.17, 15) is 0 Å². The van der Waals surface area contributed by atoms with Crippen LogP contribution in [0.25, 0.3) is 12.2 Å². The van der Waals surface area contributed by atoms with Crippen LogP contribution in [0.2, 0.25) is 0 Å². The Morgan fingerprint density at radius 1 is 1.09 bits per heavy atom. The minimum Gasteiger partial charge on any atom is -0.264 e. The fourth-order valence-corrected chi connectivity index (χ4v) is 1.04. The van der Waals surface area contributed by atoms with E-state index >= 15 is 0 Å². The molecule has 1 heterocycles. The molecule has 1 aromatic rings. The van der Waals surface area contributed by atoms with Crippen molar-refractivity contribution in [3.05, 3.63) is 46.8 Å². The molecule has 0 unspecified atom stereocenters. The highest BCUT2D eigenvalue weighted by Gasteiger charge is 1.82. The van der Waals surface area contributed by atoms with Crippen LogP contribution in [-0.2, 0) is 0 Å². The number of rotatable bonds is 0. The third-order valence-electron chi connectivity index (χ3n) is 1.61. The molecule has 0 N–H and O–H groups in total. The van der Waals surface area contributed by atoms with Crippen molar-refractivity contribution in [2.24, 2.45) is 0 Å². The molecule has 0 spiro atoms. The Labute approximate surface area is 64.7 Å². The van der Waals surface area contributed by atoms with E-state index in [4.69, 9.17) is 0 Å². The number of aromatic nitrogens is 1. The van der Waals surface area contributed by atoms with Crippen LogP contribution in [0.1, 0.15) is 0 Å². The predicted molar refractivity (Wildman–Crippen MR) is 45.1 cm³/mol. The normalized spacial score (nSPS) is 12.7. The van der Waals surface area contributed by atoms with Crippen LogP contribution in [0, 0.1) is 0 Å². The summed E-state index contributed by atoms with van der Waals surface area (Å²) >= 11 is 0. The average molecular weight is 141 g/mol. The Balaban J connectivity index is 2.91. The molecule has 0 aromatic carbocycles. The Morgan fingerprint density at radius 3 is 2.82 bits per heavy atom. The van der Waals surface area contributed by atoms with Gasteiger partial charge in [0.1, 0.15) is 0 Å². The molecule has 0 aliphatic heterocycles. The maximum absolute atomic E-state index is 4.03. The summed E-state index contributed by atoms with van der Waals surface area (Å²) in [4.78, 5) is 4.03. The highest BCUT2D eigenvalue weighted by molar-refractivity contribution is 5.46. The summed E-state index contributed by atoms with van der Waals surface area (Å²) in [5.41, 5.74) is 3.01. The maximum Gasteiger partial charge on any atom is 0.0346 e. The maximum atomic E-state index is 4.03. The molecule has 0 saturated heterocycles. The zero-order valence-corrected chi connectivity index (χ0v) is 5.99. The Kier molecular flexibility index (Phi) is 1.43. The summed E-state index contributed by atoms with van der Waals surface area (Å²) in [5.74, 6) is 0. The zero-order valence-electron chi connectivity index (χ0n) is 5.99. The minimum absolute atomic E-state index is 1.15. The molecule has 0 saturated carbocycles. The molecule has 0 amide bonds.